The maximum atomic E-state index is 5.26. The summed E-state index contributed by atoms with van der Waals surface area (Å²) in [6.07, 6.45) is 2.79. The first-order chi connectivity index (χ1) is 9.28. The van der Waals surface area contributed by atoms with Gasteiger partial charge < -0.3 is 10.6 Å². The predicted molar refractivity (Wildman–Crippen MR) is 83.1 cm³/mol. The number of benzene rings is 1. The van der Waals surface area contributed by atoms with Gasteiger partial charge in [-0.25, -0.2) is 0 Å². The van der Waals surface area contributed by atoms with Crippen LogP contribution in [0.1, 0.15) is 18.2 Å². The van der Waals surface area contributed by atoms with Crippen LogP contribution in [0.25, 0.3) is 0 Å². The average molecular weight is 271 g/mol. The molecule has 0 spiro atoms. The molecule has 2 rings (SSSR count). The van der Waals surface area contributed by atoms with Gasteiger partial charge in [0.1, 0.15) is 0 Å². The third kappa shape index (κ3) is 4.34. The highest BCUT2D eigenvalue weighted by Crippen LogP contribution is 2.10. The molecule has 1 aromatic heterocycles. The lowest BCUT2D eigenvalue weighted by Crippen LogP contribution is -2.28. The van der Waals surface area contributed by atoms with Gasteiger partial charge in [-0.15, -0.1) is 0 Å². The summed E-state index contributed by atoms with van der Waals surface area (Å²) >= 11 is 5.26. The minimum Gasteiger partial charge on any atom is -0.357 e. The van der Waals surface area contributed by atoms with E-state index in [-0.39, 0.29) is 0 Å². The molecule has 0 bridgehead atoms. The van der Waals surface area contributed by atoms with Crippen LogP contribution in [0.2, 0.25) is 0 Å². The van der Waals surface area contributed by atoms with Crippen LogP contribution in [0.15, 0.2) is 48.7 Å². The monoisotopic (exact) mass is 271 g/mol. The van der Waals surface area contributed by atoms with Crippen molar-refractivity contribution in [3.8, 4) is 0 Å². The largest absolute Gasteiger partial charge is 0.357 e. The molecule has 4 heteroatoms. The molecule has 0 amide bonds. The topological polar surface area (TPSA) is 37.0 Å². The average Bonchev–Trinajstić information content (AvgIpc) is 2.46. The summed E-state index contributed by atoms with van der Waals surface area (Å²) in [5.41, 5.74) is 3.27. The lowest BCUT2D eigenvalue weighted by molar-refractivity contribution is 0.882. The molecule has 1 heterocycles. The Bertz CT molecular complexity index is 540. The number of nitrogens with zero attached hydrogens (tertiary/aromatic N) is 1. The highest BCUT2D eigenvalue weighted by molar-refractivity contribution is 7.80. The van der Waals surface area contributed by atoms with E-state index in [2.05, 4.69) is 34.7 Å². The van der Waals surface area contributed by atoms with Crippen LogP contribution in [0.5, 0.6) is 0 Å². The summed E-state index contributed by atoms with van der Waals surface area (Å²) in [6.45, 7) is 2.76. The number of hydrogen-bond donors (Lipinski definition) is 2. The second-order valence-corrected chi connectivity index (χ2v) is 4.59. The SMILES string of the molecule is CCc1cccc(NC(=S)NCc2ccccn2)c1. The first-order valence-electron chi connectivity index (χ1n) is 6.31. The minimum absolute atomic E-state index is 0.610. The fourth-order valence-corrected chi connectivity index (χ4v) is 1.91. The van der Waals surface area contributed by atoms with Crippen LogP contribution >= 0.6 is 12.2 Å². The van der Waals surface area contributed by atoms with E-state index in [1.807, 2.05) is 30.3 Å². The van der Waals surface area contributed by atoms with Crippen molar-refractivity contribution in [2.24, 2.45) is 0 Å². The minimum atomic E-state index is 0.610. The van der Waals surface area contributed by atoms with Crippen molar-refractivity contribution >= 4 is 23.0 Å². The van der Waals surface area contributed by atoms with Gasteiger partial charge in [0.25, 0.3) is 0 Å². The molecule has 0 aliphatic carbocycles. The standard InChI is InChI=1S/C15H17N3S/c1-2-12-6-5-8-13(10-12)18-15(19)17-11-14-7-3-4-9-16-14/h3-10H,2,11H2,1H3,(H2,17,18,19). The lowest BCUT2D eigenvalue weighted by atomic mass is 10.1. The van der Waals surface area contributed by atoms with Crippen LogP contribution in [-0.2, 0) is 13.0 Å². The van der Waals surface area contributed by atoms with Crippen LogP contribution in [0.3, 0.4) is 0 Å². The molecule has 2 N–H and O–H groups in total. The molecule has 0 atom stereocenters. The number of rotatable bonds is 4. The molecule has 1 aromatic carbocycles. The zero-order valence-electron chi connectivity index (χ0n) is 10.9. The van der Waals surface area contributed by atoms with Crippen molar-refractivity contribution in [3.05, 3.63) is 59.9 Å². The second kappa shape index (κ2) is 6.85. The Morgan fingerprint density at radius 2 is 2.11 bits per heavy atom. The molecule has 19 heavy (non-hydrogen) atoms. The van der Waals surface area contributed by atoms with Gasteiger partial charge in [-0.2, -0.15) is 0 Å². The molecule has 98 valence electrons. The number of hydrogen-bond acceptors (Lipinski definition) is 2. The zero-order chi connectivity index (χ0) is 13.5. The highest BCUT2D eigenvalue weighted by Gasteiger charge is 1.99. The first-order valence-corrected chi connectivity index (χ1v) is 6.72. The van der Waals surface area contributed by atoms with Gasteiger partial charge in [0.2, 0.25) is 0 Å². The maximum Gasteiger partial charge on any atom is 0.171 e. The van der Waals surface area contributed by atoms with Crippen LogP contribution in [-0.4, -0.2) is 10.1 Å². The number of nitrogens with one attached hydrogen (secondary N) is 2. The van der Waals surface area contributed by atoms with Crippen molar-refractivity contribution in [1.29, 1.82) is 0 Å². The Labute approximate surface area is 119 Å². The molecule has 0 saturated carbocycles. The van der Waals surface area contributed by atoms with Gasteiger partial charge >= 0.3 is 0 Å². The molecule has 0 saturated heterocycles. The van der Waals surface area contributed by atoms with Crippen molar-refractivity contribution in [2.45, 2.75) is 19.9 Å². The number of aromatic nitrogens is 1. The predicted octanol–water partition coefficient (Wildman–Crippen LogP) is 3.13. The molecule has 0 aliphatic rings. The molecule has 3 nitrogen and oxygen atoms in total. The second-order valence-electron chi connectivity index (χ2n) is 4.18. The summed E-state index contributed by atoms with van der Waals surface area (Å²) < 4.78 is 0. The molecular weight excluding hydrogens is 254 g/mol. The summed E-state index contributed by atoms with van der Waals surface area (Å²) in [4.78, 5) is 4.24. The van der Waals surface area contributed by atoms with E-state index in [4.69, 9.17) is 12.2 Å². The van der Waals surface area contributed by atoms with E-state index in [1.165, 1.54) is 5.56 Å². The van der Waals surface area contributed by atoms with Gasteiger partial charge in [0.05, 0.1) is 12.2 Å². The maximum absolute atomic E-state index is 5.26. The third-order valence-electron chi connectivity index (χ3n) is 2.75. The van der Waals surface area contributed by atoms with E-state index in [0.29, 0.717) is 11.7 Å². The summed E-state index contributed by atoms with van der Waals surface area (Å²) in [5.74, 6) is 0. The van der Waals surface area contributed by atoms with Gasteiger partial charge in [0, 0.05) is 11.9 Å². The van der Waals surface area contributed by atoms with E-state index < -0.39 is 0 Å². The zero-order valence-corrected chi connectivity index (χ0v) is 11.7. The van der Waals surface area contributed by atoms with Crippen molar-refractivity contribution in [1.82, 2.24) is 10.3 Å². The number of pyridine rings is 1. The lowest BCUT2D eigenvalue weighted by Gasteiger charge is -2.11. The summed E-state index contributed by atoms with van der Waals surface area (Å²) in [5, 5.41) is 6.93. The number of thiocarbonyl (C=S) groups is 1. The van der Waals surface area contributed by atoms with E-state index in [9.17, 15) is 0 Å². The number of anilines is 1. The molecule has 0 radical (unpaired) electrons. The molecular formula is C15H17N3S. The van der Waals surface area contributed by atoms with Gasteiger partial charge in [-0.05, 0) is 48.5 Å². The van der Waals surface area contributed by atoms with Gasteiger partial charge in [-0.3, -0.25) is 4.98 Å². The molecule has 2 aromatic rings. The van der Waals surface area contributed by atoms with Crippen LogP contribution in [0.4, 0.5) is 5.69 Å². The highest BCUT2D eigenvalue weighted by atomic mass is 32.1. The van der Waals surface area contributed by atoms with E-state index >= 15 is 0 Å². The van der Waals surface area contributed by atoms with Gasteiger partial charge in [0.15, 0.2) is 5.11 Å². The summed E-state index contributed by atoms with van der Waals surface area (Å²) in [7, 11) is 0. The smallest absolute Gasteiger partial charge is 0.171 e. The molecule has 0 fully saturated rings. The number of aryl methyl sites for hydroxylation is 1. The fourth-order valence-electron chi connectivity index (χ4n) is 1.72. The third-order valence-corrected chi connectivity index (χ3v) is 3.00. The van der Waals surface area contributed by atoms with Crippen molar-refractivity contribution in [2.75, 3.05) is 5.32 Å². The van der Waals surface area contributed by atoms with Crippen LogP contribution in [0, 0.1) is 0 Å². The van der Waals surface area contributed by atoms with E-state index in [1.54, 1.807) is 6.20 Å². The van der Waals surface area contributed by atoms with Crippen molar-refractivity contribution in [3.63, 3.8) is 0 Å². The Morgan fingerprint density at radius 3 is 2.84 bits per heavy atom. The molecule has 0 unspecified atom stereocenters. The quantitative estimate of drug-likeness (QED) is 0.838. The Hall–Kier alpha value is -1.94. The van der Waals surface area contributed by atoms with Crippen molar-refractivity contribution < 1.29 is 0 Å². The molecule has 0 aliphatic heterocycles. The fraction of sp³-hybridized carbons (Fsp3) is 0.200. The Kier molecular flexibility index (Phi) is 4.86. The van der Waals surface area contributed by atoms with Crippen LogP contribution < -0.4 is 10.6 Å². The Morgan fingerprint density at radius 1 is 1.21 bits per heavy atom. The first kappa shape index (κ1) is 13.5. The normalized spacial score (nSPS) is 9.95. The Balaban J connectivity index is 1.87. The van der Waals surface area contributed by atoms with Gasteiger partial charge in [-0.1, -0.05) is 25.1 Å². The summed E-state index contributed by atoms with van der Waals surface area (Å²) in [6, 6.07) is 14.1. The van der Waals surface area contributed by atoms with E-state index in [0.717, 1.165) is 17.8 Å².